The average molecular weight is 270 g/mol. The Balaban J connectivity index is 2.56. The molecule has 0 aliphatic heterocycles. The van der Waals surface area contributed by atoms with Gasteiger partial charge in [0.2, 0.25) is 0 Å². The molecule has 2 heteroatoms. The van der Waals surface area contributed by atoms with Crippen molar-refractivity contribution in [1.29, 1.82) is 0 Å². The molecule has 20 heavy (non-hydrogen) atoms. The van der Waals surface area contributed by atoms with Gasteiger partial charge in [-0.2, -0.15) is 0 Å². The Labute approximate surface area is 119 Å². The molecule has 0 aromatic heterocycles. The molecule has 0 saturated heterocycles. The van der Waals surface area contributed by atoms with Crippen LogP contribution in [-0.4, -0.2) is 5.78 Å². The molecule has 104 valence electrons. The summed E-state index contributed by atoms with van der Waals surface area (Å²) in [6.45, 7) is 5.71. The predicted octanol–water partition coefficient (Wildman–Crippen LogP) is 4.82. The molecule has 2 rings (SSSR count). The number of carbonyl (C=O) groups is 1. The van der Waals surface area contributed by atoms with E-state index in [-0.39, 0.29) is 11.6 Å². The van der Waals surface area contributed by atoms with Gasteiger partial charge in [0.25, 0.3) is 0 Å². The second-order valence-electron chi connectivity index (χ2n) is 4.94. The summed E-state index contributed by atoms with van der Waals surface area (Å²) < 4.78 is 14.0. The highest BCUT2D eigenvalue weighted by molar-refractivity contribution is 5.95. The third kappa shape index (κ3) is 2.79. The number of halogens is 1. The van der Waals surface area contributed by atoms with Crippen LogP contribution in [0.2, 0.25) is 0 Å². The largest absolute Gasteiger partial charge is 0.295 e. The monoisotopic (exact) mass is 270 g/mol. The van der Waals surface area contributed by atoms with Crippen LogP contribution in [0.15, 0.2) is 36.4 Å². The number of hydrogen-bond donors (Lipinski definition) is 0. The SMILES string of the molecule is CCc1ccc(-c2cc(C(C)=O)ccc2F)cc1CC. The molecule has 0 amide bonds. The lowest BCUT2D eigenvalue weighted by molar-refractivity contribution is 0.101. The lowest BCUT2D eigenvalue weighted by Crippen LogP contribution is -1.96. The summed E-state index contributed by atoms with van der Waals surface area (Å²) in [6, 6.07) is 10.5. The minimum absolute atomic E-state index is 0.0489. The van der Waals surface area contributed by atoms with Gasteiger partial charge in [-0.1, -0.05) is 32.0 Å². The molecule has 0 spiro atoms. The lowest BCUT2D eigenvalue weighted by Gasteiger charge is -2.10. The Morgan fingerprint density at radius 1 is 1.00 bits per heavy atom. The maximum absolute atomic E-state index is 14.0. The van der Waals surface area contributed by atoms with Crippen LogP contribution in [0, 0.1) is 5.82 Å². The Morgan fingerprint density at radius 3 is 2.30 bits per heavy atom. The van der Waals surface area contributed by atoms with Gasteiger partial charge >= 0.3 is 0 Å². The van der Waals surface area contributed by atoms with Crippen molar-refractivity contribution >= 4 is 5.78 Å². The van der Waals surface area contributed by atoms with Gasteiger partial charge < -0.3 is 0 Å². The molecule has 0 heterocycles. The van der Waals surface area contributed by atoms with Gasteiger partial charge in [0.15, 0.2) is 5.78 Å². The van der Waals surface area contributed by atoms with Crippen LogP contribution >= 0.6 is 0 Å². The second kappa shape index (κ2) is 6.00. The second-order valence-corrected chi connectivity index (χ2v) is 4.94. The van der Waals surface area contributed by atoms with Crippen LogP contribution in [0.1, 0.15) is 42.3 Å². The van der Waals surface area contributed by atoms with Crippen LogP contribution in [0.25, 0.3) is 11.1 Å². The van der Waals surface area contributed by atoms with Gasteiger partial charge in [0.1, 0.15) is 5.82 Å². The number of benzene rings is 2. The maximum atomic E-state index is 14.0. The molecular weight excluding hydrogens is 251 g/mol. The van der Waals surface area contributed by atoms with Gasteiger partial charge in [-0.15, -0.1) is 0 Å². The first kappa shape index (κ1) is 14.4. The first-order chi connectivity index (χ1) is 9.56. The summed E-state index contributed by atoms with van der Waals surface area (Å²) in [7, 11) is 0. The van der Waals surface area contributed by atoms with E-state index in [9.17, 15) is 9.18 Å². The normalized spacial score (nSPS) is 10.6. The van der Waals surface area contributed by atoms with Gasteiger partial charge in [-0.05, 0) is 54.7 Å². The van der Waals surface area contributed by atoms with E-state index in [0.717, 1.165) is 18.4 Å². The molecule has 0 bridgehead atoms. The zero-order chi connectivity index (χ0) is 14.7. The number of ketones is 1. The van der Waals surface area contributed by atoms with E-state index >= 15 is 0 Å². The highest BCUT2D eigenvalue weighted by atomic mass is 19.1. The van der Waals surface area contributed by atoms with E-state index in [1.165, 1.54) is 30.2 Å². The van der Waals surface area contributed by atoms with Crippen molar-refractivity contribution in [3.05, 3.63) is 58.9 Å². The number of aryl methyl sites for hydroxylation is 2. The molecule has 0 radical (unpaired) electrons. The number of rotatable bonds is 4. The average Bonchev–Trinajstić information content (AvgIpc) is 2.46. The molecule has 0 aliphatic rings. The van der Waals surface area contributed by atoms with Crippen molar-refractivity contribution in [2.75, 3.05) is 0 Å². The summed E-state index contributed by atoms with van der Waals surface area (Å²) in [4.78, 5) is 11.4. The summed E-state index contributed by atoms with van der Waals surface area (Å²) in [5.74, 6) is -0.339. The fourth-order valence-electron chi connectivity index (χ4n) is 2.43. The van der Waals surface area contributed by atoms with Crippen molar-refractivity contribution in [2.45, 2.75) is 33.6 Å². The standard InChI is InChI=1S/C18H19FO/c1-4-13-6-7-16(10-14(13)5-2)17-11-15(12(3)20)8-9-18(17)19/h6-11H,4-5H2,1-3H3. The van der Waals surface area contributed by atoms with E-state index in [2.05, 4.69) is 13.8 Å². The predicted molar refractivity (Wildman–Crippen MR) is 80.6 cm³/mol. The summed E-state index contributed by atoms with van der Waals surface area (Å²) >= 11 is 0. The third-order valence-electron chi connectivity index (χ3n) is 3.65. The van der Waals surface area contributed by atoms with Gasteiger partial charge in [-0.25, -0.2) is 4.39 Å². The maximum Gasteiger partial charge on any atom is 0.159 e. The van der Waals surface area contributed by atoms with Crippen LogP contribution in [-0.2, 0) is 12.8 Å². The first-order valence-electron chi connectivity index (χ1n) is 6.99. The first-order valence-corrected chi connectivity index (χ1v) is 6.99. The van der Waals surface area contributed by atoms with Crippen molar-refractivity contribution in [3.8, 4) is 11.1 Å². The van der Waals surface area contributed by atoms with E-state index in [1.807, 2.05) is 18.2 Å². The smallest absolute Gasteiger partial charge is 0.159 e. The number of hydrogen-bond acceptors (Lipinski definition) is 1. The lowest BCUT2D eigenvalue weighted by atomic mass is 9.95. The fourth-order valence-corrected chi connectivity index (χ4v) is 2.43. The van der Waals surface area contributed by atoms with Crippen LogP contribution < -0.4 is 0 Å². The zero-order valence-electron chi connectivity index (χ0n) is 12.2. The summed E-state index contributed by atoms with van der Waals surface area (Å²) in [5.41, 5.74) is 4.39. The molecular formula is C18H19FO. The van der Waals surface area contributed by atoms with Gasteiger partial charge in [0, 0.05) is 11.1 Å². The Morgan fingerprint density at radius 2 is 1.70 bits per heavy atom. The summed E-state index contributed by atoms with van der Waals surface area (Å²) in [5, 5.41) is 0. The van der Waals surface area contributed by atoms with Crippen molar-refractivity contribution in [3.63, 3.8) is 0 Å². The third-order valence-corrected chi connectivity index (χ3v) is 3.65. The molecule has 2 aromatic carbocycles. The Bertz CT molecular complexity index is 644. The summed E-state index contributed by atoms with van der Waals surface area (Å²) in [6.07, 6.45) is 1.89. The number of Topliss-reactive ketones (excluding diaryl/α,β-unsaturated/α-hetero) is 1. The van der Waals surface area contributed by atoms with Crippen LogP contribution in [0.3, 0.4) is 0 Å². The van der Waals surface area contributed by atoms with E-state index < -0.39 is 0 Å². The van der Waals surface area contributed by atoms with E-state index in [0.29, 0.717) is 11.1 Å². The van der Waals surface area contributed by atoms with Crippen LogP contribution in [0.5, 0.6) is 0 Å². The van der Waals surface area contributed by atoms with Crippen molar-refractivity contribution < 1.29 is 9.18 Å². The number of carbonyl (C=O) groups excluding carboxylic acids is 1. The van der Waals surface area contributed by atoms with E-state index in [1.54, 1.807) is 6.07 Å². The van der Waals surface area contributed by atoms with Crippen molar-refractivity contribution in [2.24, 2.45) is 0 Å². The molecule has 0 N–H and O–H groups in total. The minimum Gasteiger partial charge on any atom is -0.295 e. The molecule has 2 aromatic rings. The highest BCUT2D eigenvalue weighted by Gasteiger charge is 2.10. The molecule has 0 saturated carbocycles. The zero-order valence-corrected chi connectivity index (χ0v) is 12.2. The Hall–Kier alpha value is -1.96. The minimum atomic E-state index is -0.290. The van der Waals surface area contributed by atoms with Gasteiger partial charge in [-0.3, -0.25) is 4.79 Å². The molecule has 0 aliphatic carbocycles. The van der Waals surface area contributed by atoms with Crippen LogP contribution in [0.4, 0.5) is 4.39 Å². The Kier molecular flexibility index (Phi) is 4.33. The molecule has 0 atom stereocenters. The van der Waals surface area contributed by atoms with Gasteiger partial charge in [0.05, 0.1) is 0 Å². The topological polar surface area (TPSA) is 17.1 Å². The quantitative estimate of drug-likeness (QED) is 0.728. The molecule has 0 unspecified atom stereocenters. The van der Waals surface area contributed by atoms with E-state index in [4.69, 9.17) is 0 Å². The molecule has 1 nitrogen and oxygen atoms in total. The molecule has 0 fully saturated rings. The fraction of sp³-hybridized carbons (Fsp3) is 0.278. The van der Waals surface area contributed by atoms with Crippen molar-refractivity contribution in [1.82, 2.24) is 0 Å². The highest BCUT2D eigenvalue weighted by Crippen LogP contribution is 2.27.